The Bertz CT molecular complexity index is 454. The van der Waals surface area contributed by atoms with Crippen molar-refractivity contribution < 1.29 is 4.52 Å². The predicted octanol–water partition coefficient (Wildman–Crippen LogP) is 1.01. The van der Waals surface area contributed by atoms with Gasteiger partial charge >= 0.3 is 0 Å². The van der Waals surface area contributed by atoms with Crippen LogP contribution in [0.2, 0.25) is 0 Å². The first-order valence-corrected chi connectivity index (χ1v) is 4.98. The average molecular weight is 219 g/mol. The van der Waals surface area contributed by atoms with E-state index in [2.05, 4.69) is 20.4 Å². The van der Waals surface area contributed by atoms with Crippen molar-refractivity contribution in [2.75, 3.05) is 17.6 Å². The van der Waals surface area contributed by atoms with Gasteiger partial charge in [0.05, 0.1) is 11.4 Å². The van der Waals surface area contributed by atoms with Crippen LogP contribution in [0.1, 0.15) is 11.6 Å². The van der Waals surface area contributed by atoms with E-state index < -0.39 is 0 Å². The fourth-order valence-corrected chi connectivity index (χ4v) is 1.27. The third-order valence-electron chi connectivity index (χ3n) is 2.18. The maximum Gasteiger partial charge on any atom is 0.228 e. The standard InChI is InChI=1S/C10H13N5O/c1-7-8(11)2-3-9(15-7)12-5-4-10-13-6-14-16-10/h2-3,6H,4-5,11H2,1H3,(H,12,15). The largest absolute Gasteiger partial charge is 0.397 e. The molecular weight excluding hydrogens is 206 g/mol. The molecule has 2 aromatic heterocycles. The monoisotopic (exact) mass is 219 g/mol. The molecule has 2 rings (SSSR count). The van der Waals surface area contributed by atoms with Gasteiger partial charge in [0.1, 0.15) is 5.82 Å². The predicted molar refractivity (Wildman–Crippen MR) is 59.9 cm³/mol. The van der Waals surface area contributed by atoms with Crippen molar-refractivity contribution in [3.8, 4) is 0 Å². The second-order valence-corrected chi connectivity index (χ2v) is 3.38. The Morgan fingerprint density at radius 3 is 3.00 bits per heavy atom. The number of nitrogens with one attached hydrogen (secondary N) is 1. The molecule has 0 unspecified atom stereocenters. The minimum atomic E-state index is 0.611. The van der Waals surface area contributed by atoms with Gasteiger partial charge in [-0.25, -0.2) is 4.98 Å². The summed E-state index contributed by atoms with van der Waals surface area (Å²) in [6.07, 6.45) is 2.06. The maximum absolute atomic E-state index is 5.67. The maximum atomic E-state index is 5.67. The minimum absolute atomic E-state index is 0.611. The summed E-state index contributed by atoms with van der Waals surface area (Å²) in [6.45, 7) is 2.57. The normalized spacial score (nSPS) is 10.3. The molecule has 0 fully saturated rings. The third-order valence-corrected chi connectivity index (χ3v) is 2.18. The molecule has 0 saturated carbocycles. The lowest BCUT2D eigenvalue weighted by Gasteiger charge is -2.05. The molecule has 84 valence electrons. The van der Waals surface area contributed by atoms with E-state index in [1.165, 1.54) is 6.33 Å². The van der Waals surface area contributed by atoms with E-state index in [-0.39, 0.29) is 0 Å². The lowest BCUT2D eigenvalue weighted by Crippen LogP contribution is -2.07. The number of hydrogen-bond acceptors (Lipinski definition) is 6. The van der Waals surface area contributed by atoms with Crippen LogP contribution in [0.3, 0.4) is 0 Å². The SMILES string of the molecule is Cc1nc(NCCc2ncno2)ccc1N. The van der Waals surface area contributed by atoms with Gasteiger partial charge in [0, 0.05) is 13.0 Å². The molecule has 0 spiro atoms. The lowest BCUT2D eigenvalue weighted by atomic mass is 10.3. The van der Waals surface area contributed by atoms with Gasteiger partial charge in [-0.15, -0.1) is 0 Å². The lowest BCUT2D eigenvalue weighted by molar-refractivity contribution is 0.379. The molecule has 0 radical (unpaired) electrons. The molecular formula is C10H13N5O. The van der Waals surface area contributed by atoms with Crippen molar-refractivity contribution in [3.63, 3.8) is 0 Å². The van der Waals surface area contributed by atoms with Crippen molar-refractivity contribution in [2.45, 2.75) is 13.3 Å². The Kier molecular flexibility index (Phi) is 3.00. The van der Waals surface area contributed by atoms with Gasteiger partial charge in [0.15, 0.2) is 6.33 Å². The van der Waals surface area contributed by atoms with Crippen LogP contribution in [0.25, 0.3) is 0 Å². The van der Waals surface area contributed by atoms with Crippen molar-refractivity contribution in [3.05, 3.63) is 30.0 Å². The topological polar surface area (TPSA) is 89.9 Å². The Morgan fingerprint density at radius 1 is 1.44 bits per heavy atom. The molecule has 0 aliphatic heterocycles. The summed E-state index contributed by atoms with van der Waals surface area (Å²) >= 11 is 0. The van der Waals surface area contributed by atoms with Gasteiger partial charge in [-0.3, -0.25) is 0 Å². The summed E-state index contributed by atoms with van der Waals surface area (Å²) < 4.78 is 4.87. The first kappa shape index (κ1) is 10.4. The molecule has 2 heterocycles. The van der Waals surface area contributed by atoms with Crippen molar-refractivity contribution in [1.29, 1.82) is 0 Å². The number of anilines is 2. The fourth-order valence-electron chi connectivity index (χ4n) is 1.27. The van der Waals surface area contributed by atoms with E-state index >= 15 is 0 Å². The summed E-state index contributed by atoms with van der Waals surface area (Å²) in [5.74, 6) is 1.41. The van der Waals surface area contributed by atoms with E-state index in [4.69, 9.17) is 10.3 Å². The van der Waals surface area contributed by atoms with E-state index in [0.29, 0.717) is 24.5 Å². The quantitative estimate of drug-likeness (QED) is 0.797. The molecule has 3 N–H and O–H groups in total. The zero-order valence-electron chi connectivity index (χ0n) is 8.97. The second-order valence-electron chi connectivity index (χ2n) is 3.38. The Hall–Kier alpha value is -2.11. The van der Waals surface area contributed by atoms with Gasteiger partial charge < -0.3 is 15.6 Å². The van der Waals surface area contributed by atoms with Crippen LogP contribution in [-0.2, 0) is 6.42 Å². The Balaban J connectivity index is 1.87. The smallest absolute Gasteiger partial charge is 0.228 e. The molecule has 0 atom stereocenters. The van der Waals surface area contributed by atoms with Crippen molar-refractivity contribution >= 4 is 11.5 Å². The van der Waals surface area contributed by atoms with Crippen LogP contribution >= 0.6 is 0 Å². The minimum Gasteiger partial charge on any atom is -0.397 e. The molecule has 0 aliphatic carbocycles. The van der Waals surface area contributed by atoms with Crippen LogP contribution in [0, 0.1) is 6.92 Å². The molecule has 0 amide bonds. The van der Waals surface area contributed by atoms with Gasteiger partial charge in [-0.05, 0) is 19.1 Å². The van der Waals surface area contributed by atoms with E-state index in [0.717, 1.165) is 11.5 Å². The van der Waals surface area contributed by atoms with Crippen LogP contribution < -0.4 is 11.1 Å². The van der Waals surface area contributed by atoms with Gasteiger partial charge in [0.2, 0.25) is 5.89 Å². The highest BCUT2D eigenvalue weighted by Crippen LogP contribution is 2.11. The Morgan fingerprint density at radius 2 is 2.31 bits per heavy atom. The number of hydrogen-bond donors (Lipinski definition) is 2. The van der Waals surface area contributed by atoms with E-state index in [1.54, 1.807) is 0 Å². The summed E-state index contributed by atoms with van der Waals surface area (Å²) in [6, 6.07) is 3.67. The van der Waals surface area contributed by atoms with Crippen LogP contribution in [0.15, 0.2) is 23.0 Å². The number of pyridine rings is 1. The highest BCUT2D eigenvalue weighted by atomic mass is 16.5. The zero-order chi connectivity index (χ0) is 11.4. The van der Waals surface area contributed by atoms with Gasteiger partial charge in [0.25, 0.3) is 0 Å². The summed E-state index contributed by atoms with van der Waals surface area (Å²) in [5.41, 5.74) is 7.19. The number of nitrogens with zero attached hydrogens (tertiary/aromatic N) is 3. The summed E-state index contributed by atoms with van der Waals surface area (Å²) in [7, 11) is 0. The van der Waals surface area contributed by atoms with Crippen molar-refractivity contribution in [2.24, 2.45) is 0 Å². The van der Waals surface area contributed by atoms with Gasteiger partial charge in [-0.2, -0.15) is 4.98 Å². The number of nitrogen functional groups attached to an aromatic ring is 1. The summed E-state index contributed by atoms with van der Waals surface area (Å²) in [5, 5.41) is 6.68. The van der Waals surface area contributed by atoms with Crippen molar-refractivity contribution in [1.82, 2.24) is 15.1 Å². The van der Waals surface area contributed by atoms with E-state index in [9.17, 15) is 0 Å². The molecule has 0 bridgehead atoms. The molecule has 2 aromatic rings. The first-order chi connectivity index (χ1) is 7.75. The molecule has 0 aromatic carbocycles. The average Bonchev–Trinajstić information content (AvgIpc) is 2.76. The summed E-state index contributed by atoms with van der Waals surface area (Å²) in [4.78, 5) is 8.21. The molecule has 0 saturated heterocycles. The highest BCUT2D eigenvalue weighted by Gasteiger charge is 2.00. The number of aromatic nitrogens is 3. The Labute approximate surface area is 92.9 Å². The first-order valence-electron chi connectivity index (χ1n) is 4.98. The van der Waals surface area contributed by atoms with E-state index in [1.807, 2.05) is 19.1 Å². The van der Waals surface area contributed by atoms with Crippen LogP contribution in [-0.4, -0.2) is 21.7 Å². The number of aryl methyl sites for hydroxylation is 1. The number of rotatable bonds is 4. The van der Waals surface area contributed by atoms with Crippen LogP contribution in [0.5, 0.6) is 0 Å². The van der Waals surface area contributed by atoms with Crippen LogP contribution in [0.4, 0.5) is 11.5 Å². The molecule has 16 heavy (non-hydrogen) atoms. The zero-order valence-corrected chi connectivity index (χ0v) is 8.97. The third kappa shape index (κ3) is 2.47. The fraction of sp³-hybridized carbons (Fsp3) is 0.300. The number of nitrogens with two attached hydrogens (primary N) is 1. The molecule has 6 nitrogen and oxygen atoms in total. The second kappa shape index (κ2) is 4.61. The molecule has 6 heteroatoms. The molecule has 0 aliphatic rings. The van der Waals surface area contributed by atoms with Gasteiger partial charge in [-0.1, -0.05) is 5.16 Å². The highest BCUT2D eigenvalue weighted by molar-refractivity contribution is 5.48.